The Morgan fingerprint density at radius 2 is 2.11 bits per heavy atom. The van der Waals surface area contributed by atoms with E-state index < -0.39 is 0 Å². The number of aromatic nitrogens is 1. The molecule has 2 amide bonds. The van der Waals surface area contributed by atoms with Crippen molar-refractivity contribution in [2.75, 3.05) is 26.2 Å². The first-order valence-electron chi connectivity index (χ1n) is 6.99. The van der Waals surface area contributed by atoms with E-state index in [4.69, 9.17) is 0 Å². The van der Waals surface area contributed by atoms with Crippen LogP contribution in [0.3, 0.4) is 0 Å². The van der Waals surface area contributed by atoms with Crippen LogP contribution in [0.2, 0.25) is 0 Å². The molecule has 5 heteroatoms. The summed E-state index contributed by atoms with van der Waals surface area (Å²) < 4.78 is 0. The molecule has 3 heterocycles. The first kappa shape index (κ1) is 12.4. The van der Waals surface area contributed by atoms with Gasteiger partial charge in [0.2, 0.25) is 0 Å². The van der Waals surface area contributed by atoms with Crippen molar-refractivity contribution in [3.05, 3.63) is 30.1 Å². The van der Waals surface area contributed by atoms with Crippen molar-refractivity contribution in [3.63, 3.8) is 0 Å². The summed E-state index contributed by atoms with van der Waals surface area (Å²) in [5.74, 6) is 0. The number of hydrogen-bond acceptors (Lipinski definition) is 3. The second kappa shape index (κ2) is 5.57. The van der Waals surface area contributed by atoms with E-state index in [1.807, 2.05) is 23.2 Å². The zero-order valence-electron chi connectivity index (χ0n) is 11.1. The van der Waals surface area contributed by atoms with Crippen molar-refractivity contribution in [2.24, 2.45) is 0 Å². The molecule has 2 aliphatic heterocycles. The molecule has 2 saturated heterocycles. The van der Waals surface area contributed by atoms with E-state index in [0.29, 0.717) is 6.04 Å². The van der Waals surface area contributed by atoms with Crippen molar-refractivity contribution in [3.8, 4) is 0 Å². The minimum Gasteiger partial charge on any atom is -0.336 e. The van der Waals surface area contributed by atoms with Gasteiger partial charge in [-0.05, 0) is 25.0 Å². The van der Waals surface area contributed by atoms with Gasteiger partial charge in [0, 0.05) is 45.0 Å². The second-order valence-corrected chi connectivity index (χ2v) is 5.25. The standard InChI is InChI=1S/C14H20N4O/c19-14-16-7-10-18(14)13-4-8-17(9-5-13)11-12-3-1-2-6-15-12/h1-3,6,13H,4-5,7-11H2,(H,16,19). The molecule has 0 aromatic carbocycles. The van der Waals surface area contributed by atoms with Crippen LogP contribution in [0.15, 0.2) is 24.4 Å². The van der Waals surface area contributed by atoms with Crippen LogP contribution >= 0.6 is 0 Å². The van der Waals surface area contributed by atoms with Gasteiger partial charge < -0.3 is 10.2 Å². The Bertz CT molecular complexity index is 428. The maximum atomic E-state index is 11.6. The summed E-state index contributed by atoms with van der Waals surface area (Å²) in [6.07, 6.45) is 3.98. The topological polar surface area (TPSA) is 48.5 Å². The number of hydrogen-bond donors (Lipinski definition) is 1. The van der Waals surface area contributed by atoms with Gasteiger partial charge in [-0.3, -0.25) is 9.88 Å². The lowest BCUT2D eigenvalue weighted by molar-refractivity contribution is 0.131. The summed E-state index contributed by atoms with van der Waals surface area (Å²) in [5, 5.41) is 2.88. The van der Waals surface area contributed by atoms with Crippen LogP contribution in [0.1, 0.15) is 18.5 Å². The predicted molar refractivity (Wildman–Crippen MR) is 72.6 cm³/mol. The van der Waals surface area contributed by atoms with Crippen LogP contribution < -0.4 is 5.32 Å². The van der Waals surface area contributed by atoms with E-state index in [1.165, 1.54) is 0 Å². The molecule has 1 aromatic heterocycles. The van der Waals surface area contributed by atoms with E-state index in [9.17, 15) is 4.79 Å². The highest BCUT2D eigenvalue weighted by Crippen LogP contribution is 2.19. The molecule has 2 fully saturated rings. The Kier molecular flexibility index (Phi) is 3.64. The van der Waals surface area contributed by atoms with Crippen LogP contribution in [0.25, 0.3) is 0 Å². The number of urea groups is 1. The molecular weight excluding hydrogens is 240 g/mol. The van der Waals surface area contributed by atoms with E-state index in [1.54, 1.807) is 0 Å². The molecule has 2 aliphatic rings. The molecule has 1 aromatic rings. The van der Waals surface area contributed by atoms with Crippen molar-refractivity contribution in [1.82, 2.24) is 20.1 Å². The molecule has 102 valence electrons. The van der Waals surface area contributed by atoms with E-state index in [-0.39, 0.29) is 6.03 Å². The number of nitrogens with zero attached hydrogens (tertiary/aromatic N) is 3. The first-order valence-corrected chi connectivity index (χ1v) is 6.99. The Balaban J connectivity index is 1.51. The summed E-state index contributed by atoms with van der Waals surface area (Å²) in [4.78, 5) is 20.4. The number of carbonyl (C=O) groups excluding carboxylic acids is 1. The highest BCUT2D eigenvalue weighted by Gasteiger charge is 2.30. The van der Waals surface area contributed by atoms with Crippen molar-refractivity contribution in [1.29, 1.82) is 0 Å². The summed E-state index contributed by atoms with van der Waals surface area (Å²) in [6, 6.07) is 6.58. The highest BCUT2D eigenvalue weighted by atomic mass is 16.2. The van der Waals surface area contributed by atoms with Crippen LogP contribution in [-0.4, -0.2) is 53.0 Å². The molecule has 0 saturated carbocycles. The smallest absolute Gasteiger partial charge is 0.317 e. The van der Waals surface area contributed by atoms with E-state index >= 15 is 0 Å². The van der Waals surface area contributed by atoms with Gasteiger partial charge in [-0.1, -0.05) is 6.07 Å². The third kappa shape index (κ3) is 2.87. The number of likely N-dealkylation sites (tertiary alicyclic amines) is 1. The Labute approximate surface area is 113 Å². The monoisotopic (exact) mass is 260 g/mol. The Morgan fingerprint density at radius 3 is 2.74 bits per heavy atom. The molecule has 0 spiro atoms. The summed E-state index contributed by atoms with van der Waals surface area (Å²) in [7, 11) is 0. The van der Waals surface area contributed by atoms with Gasteiger partial charge >= 0.3 is 6.03 Å². The average Bonchev–Trinajstić information content (AvgIpc) is 2.87. The van der Waals surface area contributed by atoms with Gasteiger partial charge in [0.05, 0.1) is 5.69 Å². The molecular formula is C14H20N4O. The maximum Gasteiger partial charge on any atom is 0.317 e. The minimum absolute atomic E-state index is 0.114. The maximum absolute atomic E-state index is 11.6. The molecule has 0 aliphatic carbocycles. The molecule has 0 radical (unpaired) electrons. The molecule has 3 rings (SSSR count). The lowest BCUT2D eigenvalue weighted by Gasteiger charge is -2.35. The fourth-order valence-electron chi connectivity index (χ4n) is 2.94. The summed E-state index contributed by atoms with van der Waals surface area (Å²) in [6.45, 7) is 4.67. The van der Waals surface area contributed by atoms with Gasteiger partial charge in [0.25, 0.3) is 0 Å². The number of rotatable bonds is 3. The summed E-state index contributed by atoms with van der Waals surface area (Å²) >= 11 is 0. The zero-order valence-corrected chi connectivity index (χ0v) is 11.1. The van der Waals surface area contributed by atoms with Crippen molar-refractivity contribution < 1.29 is 4.79 Å². The SMILES string of the molecule is O=C1NCCN1C1CCN(Cc2ccccn2)CC1. The van der Waals surface area contributed by atoms with Crippen LogP contribution in [-0.2, 0) is 6.54 Å². The lowest BCUT2D eigenvalue weighted by atomic mass is 10.0. The second-order valence-electron chi connectivity index (χ2n) is 5.25. The molecule has 0 bridgehead atoms. The number of amides is 2. The molecule has 0 unspecified atom stereocenters. The van der Waals surface area contributed by atoms with Crippen LogP contribution in [0.5, 0.6) is 0 Å². The van der Waals surface area contributed by atoms with Gasteiger partial charge in [-0.2, -0.15) is 0 Å². The van der Waals surface area contributed by atoms with Crippen LogP contribution in [0, 0.1) is 0 Å². The largest absolute Gasteiger partial charge is 0.336 e. The fraction of sp³-hybridized carbons (Fsp3) is 0.571. The minimum atomic E-state index is 0.114. The normalized spacial score (nSPS) is 21.7. The molecule has 5 nitrogen and oxygen atoms in total. The first-order chi connectivity index (χ1) is 9.33. The fourth-order valence-corrected chi connectivity index (χ4v) is 2.94. The number of piperidine rings is 1. The van der Waals surface area contributed by atoms with Gasteiger partial charge in [0.1, 0.15) is 0 Å². The number of carbonyl (C=O) groups is 1. The molecule has 0 atom stereocenters. The third-order valence-electron chi connectivity index (χ3n) is 4.00. The van der Waals surface area contributed by atoms with E-state index in [0.717, 1.165) is 51.3 Å². The predicted octanol–water partition coefficient (Wildman–Crippen LogP) is 1.07. The van der Waals surface area contributed by atoms with Gasteiger partial charge in [0.15, 0.2) is 0 Å². The lowest BCUT2D eigenvalue weighted by Crippen LogP contribution is -2.45. The number of pyridine rings is 1. The summed E-state index contributed by atoms with van der Waals surface area (Å²) in [5.41, 5.74) is 1.12. The molecule has 19 heavy (non-hydrogen) atoms. The third-order valence-corrected chi connectivity index (χ3v) is 4.00. The van der Waals surface area contributed by atoms with Gasteiger partial charge in [-0.15, -0.1) is 0 Å². The number of nitrogens with one attached hydrogen (secondary N) is 1. The van der Waals surface area contributed by atoms with Gasteiger partial charge in [-0.25, -0.2) is 4.79 Å². The Hall–Kier alpha value is -1.62. The molecule has 1 N–H and O–H groups in total. The van der Waals surface area contributed by atoms with E-state index in [2.05, 4.69) is 21.3 Å². The van der Waals surface area contributed by atoms with Crippen molar-refractivity contribution >= 4 is 6.03 Å². The Morgan fingerprint density at radius 1 is 1.26 bits per heavy atom. The zero-order chi connectivity index (χ0) is 13.1. The highest BCUT2D eigenvalue weighted by molar-refractivity contribution is 5.76. The quantitative estimate of drug-likeness (QED) is 0.884. The van der Waals surface area contributed by atoms with Crippen LogP contribution in [0.4, 0.5) is 4.79 Å². The van der Waals surface area contributed by atoms with Crippen molar-refractivity contribution in [2.45, 2.75) is 25.4 Å². The average molecular weight is 260 g/mol.